The summed E-state index contributed by atoms with van der Waals surface area (Å²) in [7, 11) is 4.29. The fraction of sp³-hybridized carbons (Fsp3) is 0.824. The molecule has 1 aromatic heterocycles. The Morgan fingerprint density at radius 3 is 2.81 bits per heavy atom. The molecule has 21 heavy (non-hydrogen) atoms. The molecule has 4 nitrogen and oxygen atoms in total. The molecule has 1 aromatic rings. The molecule has 4 heteroatoms. The third-order valence-corrected chi connectivity index (χ3v) is 4.43. The van der Waals surface area contributed by atoms with E-state index in [4.69, 9.17) is 5.10 Å². The molecule has 120 valence electrons. The summed E-state index contributed by atoms with van der Waals surface area (Å²) >= 11 is 0. The van der Waals surface area contributed by atoms with Crippen LogP contribution in [-0.4, -0.2) is 47.9 Å². The van der Waals surface area contributed by atoms with Crippen molar-refractivity contribution in [1.82, 2.24) is 20.0 Å². The zero-order chi connectivity index (χ0) is 15.1. The lowest BCUT2D eigenvalue weighted by Crippen LogP contribution is -2.34. The first kappa shape index (κ1) is 16.5. The number of hydrogen-bond acceptors (Lipinski definition) is 3. The number of aromatic nitrogens is 2. The van der Waals surface area contributed by atoms with Crippen LogP contribution in [-0.2, 0) is 6.42 Å². The number of rotatable bonds is 9. The SMILES string of the molecule is CCCNC(CCN(C)C)Cc1ccn(C2CCCC2)n1. The summed E-state index contributed by atoms with van der Waals surface area (Å²) in [5, 5.41) is 8.51. The Hall–Kier alpha value is -0.870. The van der Waals surface area contributed by atoms with Crippen LogP contribution in [0.3, 0.4) is 0 Å². The molecule has 2 rings (SSSR count). The fourth-order valence-corrected chi connectivity index (χ4v) is 3.15. The molecule has 1 unspecified atom stereocenters. The van der Waals surface area contributed by atoms with Crippen molar-refractivity contribution in [1.29, 1.82) is 0 Å². The van der Waals surface area contributed by atoms with Crippen LogP contribution in [0.15, 0.2) is 12.3 Å². The van der Waals surface area contributed by atoms with E-state index in [-0.39, 0.29) is 0 Å². The predicted octanol–water partition coefficient (Wildman–Crippen LogP) is 2.86. The van der Waals surface area contributed by atoms with Gasteiger partial charge in [-0.2, -0.15) is 5.10 Å². The molecule has 1 N–H and O–H groups in total. The topological polar surface area (TPSA) is 33.1 Å². The first-order valence-corrected chi connectivity index (χ1v) is 8.61. The maximum absolute atomic E-state index is 4.83. The van der Waals surface area contributed by atoms with E-state index in [1.54, 1.807) is 0 Å². The van der Waals surface area contributed by atoms with Crippen molar-refractivity contribution in [2.24, 2.45) is 0 Å². The van der Waals surface area contributed by atoms with E-state index in [9.17, 15) is 0 Å². The number of hydrogen-bond donors (Lipinski definition) is 1. The van der Waals surface area contributed by atoms with E-state index >= 15 is 0 Å². The quantitative estimate of drug-likeness (QED) is 0.760. The Labute approximate surface area is 129 Å². The lowest BCUT2D eigenvalue weighted by atomic mass is 10.1. The second-order valence-electron chi connectivity index (χ2n) is 6.67. The van der Waals surface area contributed by atoms with E-state index < -0.39 is 0 Å². The number of nitrogens with zero attached hydrogens (tertiary/aromatic N) is 3. The van der Waals surface area contributed by atoms with Crippen molar-refractivity contribution < 1.29 is 0 Å². The van der Waals surface area contributed by atoms with Crippen LogP contribution in [0.25, 0.3) is 0 Å². The molecule has 1 aliphatic rings. The Bertz CT molecular complexity index is 393. The molecule has 0 radical (unpaired) electrons. The van der Waals surface area contributed by atoms with Crippen molar-refractivity contribution in [2.75, 3.05) is 27.2 Å². The van der Waals surface area contributed by atoms with Gasteiger partial charge in [-0.3, -0.25) is 4.68 Å². The molecule has 0 amide bonds. The normalized spacial score (nSPS) is 17.7. The van der Waals surface area contributed by atoms with Gasteiger partial charge in [-0.15, -0.1) is 0 Å². The summed E-state index contributed by atoms with van der Waals surface area (Å²) < 4.78 is 2.21. The summed E-state index contributed by atoms with van der Waals surface area (Å²) in [6.07, 6.45) is 10.9. The van der Waals surface area contributed by atoms with Gasteiger partial charge < -0.3 is 10.2 Å². The summed E-state index contributed by atoms with van der Waals surface area (Å²) in [6, 6.07) is 3.41. The Morgan fingerprint density at radius 1 is 1.38 bits per heavy atom. The second kappa shape index (κ2) is 8.54. The van der Waals surface area contributed by atoms with Gasteiger partial charge in [0.1, 0.15) is 0 Å². The molecule has 0 saturated heterocycles. The van der Waals surface area contributed by atoms with Gasteiger partial charge in [-0.1, -0.05) is 19.8 Å². The van der Waals surface area contributed by atoms with Crippen LogP contribution in [0.4, 0.5) is 0 Å². The Balaban J connectivity index is 1.88. The Morgan fingerprint density at radius 2 is 2.14 bits per heavy atom. The van der Waals surface area contributed by atoms with Crippen molar-refractivity contribution >= 4 is 0 Å². The van der Waals surface area contributed by atoms with E-state index in [1.165, 1.54) is 44.2 Å². The van der Waals surface area contributed by atoms with E-state index in [0.29, 0.717) is 12.1 Å². The maximum Gasteiger partial charge on any atom is 0.0640 e. The van der Waals surface area contributed by atoms with Gasteiger partial charge in [0.15, 0.2) is 0 Å². The van der Waals surface area contributed by atoms with Gasteiger partial charge in [0.05, 0.1) is 11.7 Å². The minimum atomic E-state index is 0.541. The van der Waals surface area contributed by atoms with Crippen LogP contribution in [0.2, 0.25) is 0 Å². The van der Waals surface area contributed by atoms with E-state index in [2.05, 4.69) is 48.2 Å². The summed E-state index contributed by atoms with van der Waals surface area (Å²) in [5.74, 6) is 0. The minimum absolute atomic E-state index is 0.541. The molecule has 0 bridgehead atoms. The number of nitrogens with one attached hydrogen (secondary N) is 1. The molecule has 0 spiro atoms. The average molecular weight is 292 g/mol. The highest BCUT2D eigenvalue weighted by molar-refractivity contribution is 5.03. The van der Waals surface area contributed by atoms with E-state index in [1.807, 2.05) is 0 Å². The zero-order valence-corrected chi connectivity index (χ0v) is 14.0. The molecule has 1 atom stereocenters. The van der Waals surface area contributed by atoms with Crippen molar-refractivity contribution in [3.05, 3.63) is 18.0 Å². The molecule has 0 aliphatic heterocycles. The van der Waals surface area contributed by atoms with Crippen molar-refractivity contribution in [3.8, 4) is 0 Å². The van der Waals surface area contributed by atoms with Crippen LogP contribution in [0.1, 0.15) is 57.2 Å². The van der Waals surface area contributed by atoms with Crippen molar-refractivity contribution in [3.63, 3.8) is 0 Å². The smallest absolute Gasteiger partial charge is 0.0640 e. The van der Waals surface area contributed by atoms with Crippen LogP contribution >= 0.6 is 0 Å². The van der Waals surface area contributed by atoms with Gasteiger partial charge >= 0.3 is 0 Å². The highest BCUT2D eigenvalue weighted by Crippen LogP contribution is 2.28. The third-order valence-electron chi connectivity index (χ3n) is 4.43. The molecule has 1 fully saturated rings. The highest BCUT2D eigenvalue weighted by atomic mass is 15.3. The van der Waals surface area contributed by atoms with Gasteiger partial charge in [0.2, 0.25) is 0 Å². The maximum atomic E-state index is 4.83. The van der Waals surface area contributed by atoms with Crippen molar-refractivity contribution in [2.45, 2.75) is 64.0 Å². The monoisotopic (exact) mass is 292 g/mol. The summed E-state index contributed by atoms with van der Waals surface area (Å²) in [5.41, 5.74) is 1.24. The van der Waals surface area contributed by atoms with Gasteiger partial charge in [-0.05, 0) is 58.9 Å². The fourth-order valence-electron chi connectivity index (χ4n) is 3.15. The van der Waals surface area contributed by atoms with Gasteiger partial charge in [0, 0.05) is 18.7 Å². The lowest BCUT2D eigenvalue weighted by molar-refractivity contribution is 0.354. The Kier molecular flexibility index (Phi) is 6.71. The van der Waals surface area contributed by atoms with Crippen LogP contribution < -0.4 is 5.32 Å². The van der Waals surface area contributed by atoms with E-state index in [0.717, 1.165) is 19.5 Å². The zero-order valence-electron chi connectivity index (χ0n) is 14.0. The molecular weight excluding hydrogens is 260 g/mol. The third kappa shape index (κ3) is 5.44. The molecule has 1 aliphatic carbocycles. The standard InChI is InChI=1S/C17H32N4/c1-4-11-18-15(9-12-20(2)3)14-16-10-13-21(19-16)17-7-5-6-8-17/h10,13,15,17-18H,4-9,11-12,14H2,1-3H3. The first-order chi connectivity index (χ1) is 10.2. The summed E-state index contributed by atoms with van der Waals surface area (Å²) in [6.45, 7) is 4.46. The van der Waals surface area contributed by atoms with Gasteiger partial charge in [0.25, 0.3) is 0 Å². The second-order valence-corrected chi connectivity index (χ2v) is 6.67. The molecule has 1 heterocycles. The minimum Gasteiger partial charge on any atom is -0.314 e. The lowest BCUT2D eigenvalue weighted by Gasteiger charge is -2.20. The van der Waals surface area contributed by atoms with Crippen LogP contribution in [0, 0.1) is 0 Å². The largest absolute Gasteiger partial charge is 0.314 e. The predicted molar refractivity (Wildman–Crippen MR) is 88.7 cm³/mol. The summed E-state index contributed by atoms with van der Waals surface area (Å²) in [4.78, 5) is 2.26. The van der Waals surface area contributed by atoms with Gasteiger partial charge in [-0.25, -0.2) is 0 Å². The van der Waals surface area contributed by atoms with Crippen LogP contribution in [0.5, 0.6) is 0 Å². The molecule has 0 aromatic carbocycles. The highest BCUT2D eigenvalue weighted by Gasteiger charge is 2.18. The average Bonchev–Trinajstić information content (AvgIpc) is 3.12. The molecule has 1 saturated carbocycles. The first-order valence-electron chi connectivity index (χ1n) is 8.61. The molecular formula is C17H32N4.